The van der Waals surface area contributed by atoms with Gasteiger partial charge in [-0.05, 0) is 18.2 Å². The Labute approximate surface area is 141 Å². The number of likely N-dealkylation sites (tertiary alicyclic amines) is 1. The van der Waals surface area contributed by atoms with Gasteiger partial charge in [0.15, 0.2) is 0 Å². The van der Waals surface area contributed by atoms with Crippen molar-refractivity contribution < 1.29 is 4.79 Å². The summed E-state index contributed by atoms with van der Waals surface area (Å²) in [5.41, 5.74) is 2.52. The fourth-order valence-electron chi connectivity index (χ4n) is 4.23. The highest BCUT2D eigenvalue weighted by Gasteiger charge is 2.49. The molecule has 4 unspecified atom stereocenters. The molecular weight excluding hydrogens is 302 g/mol. The quantitative estimate of drug-likeness (QED) is 0.834. The standard InChI is InChI=1S/C20H21NOS/c1-21-18(14-8-4-2-5-9-14)16-12-23-13-17(20(16)22)19(21)15-10-6-3-7-11-15/h2-11,16-19H,12-13H2,1H3. The Balaban J connectivity index is 1.79. The second-order valence-electron chi connectivity index (χ2n) is 6.53. The van der Waals surface area contributed by atoms with Crippen molar-refractivity contribution in [2.45, 2.75) is 12.1 Å². The molecule has 2 saturated heterocycles. The molecule has 0 radical (unpaired) electrons. The Bertz CT molecular complexity index is 630. The highest BCUT2D eigenvalue weighted by molar-refractivity contribution is 7.99. The number of carbonyl (C=O) groups is 1. The predicted octanol–water partition coefficient (Wildman–Crippen LogP) is 3.96. The molecule has 23 heavy (non-hydrogen) atoms. The summed E-state index contributed by atoms with van der Waals surface area (Å²) < 4.78 is 0. The summed E-state index contributed by atoms with van der Waals surface area (Å²) in [7, 11) is 2.19. The minimum atomic E-state index is 0.117. The van der Waals surface area contributed by atoms with Gasteiger partial charge >= 0.3 is 0 Å². The van der Waals surface area contributed by atoms with Crippen LogP contribution in [0.1, 0.15) is 23.2 Å². The summed E-state index contributed by atoms with van der Waals surface area (Å²) >= 11 is 1.94. The Morgan fingerprint density at radius 2 is 1.26 bits per heavy atom. The van der Waals surface area contributed by atoms with Gasteiger partial charge in [-0.1, -0.05) is 60.7 Å². The van der Waals surface area contributed by atoms with Gasteiger partial charge in [0.2, 0.25) is 0 Å². The smallest absolute Gasteiger partial charge is 0.144 e. The number of hydrogen-bond acceptors (Lipinski definition) is 3. The average Bonchev–Trinajstić information content (AvgIpc) is 2.59. The van der Waals surface area contributed by atoms with E-state index in [0.29, 0.717) is 5.78 Å². The summed E-state index contributed by atoms with van der Waals surface area (Å²) in [6.45, 7) is 0. The van der Waals surface area contributed by atoms with Crippen LogP contribution in [0.25, 0.3) is 0 Å². The van der Waals surface area contributed by atoms with Crippen molar-refractivity contribution in [1.29, 1.82) is 0 Å². The highest BCUT2D eigenvalue weighted by atomic mass is 32.2. The minimum absolute atomic E-state index is 0.117. The van der Waals surface area contributed by atoms with Crippen molar-refractivity contribution in [3.63, 3.8) is 0 Å². The molecule has 0 aliphatic carbocycles. The number of carbonyl (C=O) groups excluding carboxylic acids is 1. The Morgan fingerprint density at radius 3 is 1.70 bits per heavy atom. The first-order valence-corrected chi connectivity index (χ1v) is 9.36. The Morgan fingerprint density at radius 1 is 0.826 bits per heavy atom. The third-order valence-electron chi connectivity index (χ3n) is 5.25. The number of ketones is 1. The molecule has 3 heteroatoms. The van der Waals surface area contributed by atoms with Crippen molar-refractivity contribution >= 4 is 17.5 Å². The van der Waals surface area contributed by atoms with Crippen molar-refractivity contribution in [3.05, 3.63) is 71.8 Å². The predicted molar refractivity (Wildman–Crippen MR) is 95.4 cm³/mol. The molecule has 2 bridgehead atoms. The molecule has 0 aromatic heterocycles. The van der Waals surface area contributed by atoms with E-state index in [4.69, 9.17) is 0 Å². The minimum Gasteiger partial charge on any atom is -0.299 e. The first-order valence-electron chi connectivity index (χ1n) is 8.20. The van der Waals surface area contributed by atoms with Crippen LogP contribution in [-0.2, 0) is 4.79 Å². The summed E-state index contributed by atoms with van der Waals surface area (Å²) in [5.74, 6) is 2.59. The molecule has 2 aromatic rings. The maximum Gasteiger partial charge on any atom is 0.144 e. The van der Waals surface area contributed by atoms with E-state index in [0.717, 1.165) is 11.5 Å². The zero-order valence-corrected chi connectivity index (χ0v) is 14.1. The van der Waals surface area contributed by atoms with Crippen molar-refractivity contribution in [3.8, 4) is 0 Å². The molecule has 2 fully saturated rings. The zero-order chi connectivity index (χ0) is 15.8. The van der Waals surface area contributed by atoms with Crippen molar-refractivity contribution in [2.24, 2.45) is 11.8 Å². The number of piperidine rings is 1. The number of rotatable bonds is 2. The van der Waals surface area contributed by atoms with E-state index in [1.54, 1.807) is 0 Å². The van der Waals surface area contributed by atoms with Gasteiger partial charge < -0.3 is 0 Å². The molecule has 118 valence electrons. The molecule has 0 N–H and O–H groups in total. The van der Waals surface area contributed by atoms with Crippen LogP contribution in [0.3, 0.4) is 0 Å². The lowest BCUT2D eigenvalue weighted by Crippen LogP contribution is -2.53. The van der Waals surface area contributed by atoms with E-state index in [2.05, 4.69) is 60.5 Å². The van der Waals surface area contributed by atoms with E-state index < -0.39 is 0 Å². The topological polar surface area (TPSA) is 20.3 Å². The Kier molecular flexibility index (Phi) is 4.00. The van der Waals surface area contributed by atoms with Gasteiger partial charge in [-0.15, -0.1) is 0 Å². The monoisotopic (exact) mass is 323 g/mol. The van der Waals surface area contributed by atoms with Crippen LogP contribution in [-0.4, -0.2) is 29.2 Å². The second kappa shape index (κ2) is 6.14. The Hall–Kier alpha value is -1.58. The van der Waals surface area contributed by atoms with E-state index in [-0.39, 0.29) is 23.9 Å². The molecule has 2 aromatic carbocycles. The molecule has 2 nitrogen and oxygen atoms in total. The van der Waals surface area contributed by atoms with Crippen LogP contribution in [0.5, 0.6) is 0 Å². The summed E-state index contributed by atoms with van der Waals surface area (Å²) in [6, 6.07) is 21.4. The van der Waals surface area contributed by atoms with E-state index in [1.165, 1.54) is 11.1 Å². The molecule has 2 heterocycles. The first kappa shape index (κ1) is 15.0. The highest BCUT2D eigenvalue weighted by Crippen LogP contribution is 2.49. The fraction of sp³-hybridized carbons (Fsp3) is 0.350. The summed E-state index contributed by atoms with van der Waals surface area (Å²) in [5, 5.41) is 0. The molecule has 4 atom stereocenters. The lowest BCUT2D eigenvalue weighted by molar-refractivity contribution is -0.136. The molecule has 2 aliphatic rings. The third-order valence-corrected chi connectivity index (χ3v) is 6.44. The van der Waals surface area contributed by atoms with E-state index in [9.17, 15) is 4.79 Å². The molecular formula is C20H21NOS. The number of thioether (sulfide) groups is 1. The van der Waals surface area contributed by atoms with Crippen molar-refractivity contribution in [2.75, 3.05) is 18.6 Å². The fourth-order valence-corrected chi connectivity index (χ4v) is 5.57. The van der Waals surface area contributed by atoms with Gasteiger partial charge in [-0.2, -0.15) is 11.8 Å². The molecule has 2 aliphatic heterocycles. The number of nitrogens with zero attached hydrogens (tertiary/aromatic N) is 1. The largest absolute Gasteiger partial charge is 0.299 e. The normalized spacial score (nSPS) is 31.1. The molecule has 0 saturated carbocycles. The molecule has 0 amide bonds. The SMILES string of the molecule is CN1C(c2ccccc2)C2CSCC(C2=O)C1c1ccccc1. The third kappa shape index (κ3) is 2.52. The van der Waals surface area contributed by atoms with Gasteiger partial charge in [0, 0.05) is 35.4 Å². The summed E-state index contributed by atoms with van der Waals surface area (Å²) in [4.78, 5) is 15.5. The van der Waals surface area contributed by atoms with E-state index >= 15 is 0 Å². The average molecular weight is 323 g/mol. The van der Waals surface area contributed by atoms with Crippen LogP contribution >= 0.6 is 11.8 Å². The molecule has 4 rings (SSSR count). The maximum atomic E-state index is 13.1. The summed E-state index contributed by atoms with van der Waals surface area (Å²) in [6.07, 6.45) is 0. The lowest BCUT2D eigenvalue weighted by atomic mass is 9.74. The van der Waals surface area contributed by atoms with Crippen LogP contribution in [0.4, 0.5) is 0 Å². The lowest BCUT2D eigenvalue weighted by Gasteiger charge is -2.50. The maximum absolute atomic E-state index is 13.1. The van der Waals surface area contributed by atoms with Crippen LogP contribution < -0.4 is 0 Å². The van der Waals surface area contributed by atoms with Gasteiger partial charge in [0.05, 0.1) is 0 Å². The molecule has 0 spiro atoms. The van der Waals surface area contributed by atoms with Crippen LogP contribution in [0, 0.1) is 11.8 Å². The van der Waals surface area contributed by atoms with Gasteiger partial charge in [-0.3, -0.25) is 9.69 Å². The number of hydrogen-bond donors (Lipinski definition) is 0. The van der Waals surface area contributed by atoms with Crippen LogP contribution in [0.15, 0.2) is 60.7 Å². The van der Waals surface area contributed by atoms with Gasteiger partial charge in [0.1, 0.15) is 5.78 Å². The number of benzene rings is 2. The van der Waals surface area contributed by atoms with Gasteiger partial charge in [0.25, 0.3) is 0 Å². The van der Waals surface area contributed by atoms with E-state index in [1.807, 2.05) is 23.9 Å². The van der Waals surface area contributed by atoms with Crippen LogP contribution in [0.2, 0.25) is 0 Å². The van der Waals surface area contributed by atoms with Crippen molar-refractivity contribution in [1.82, 2.24) is 4.90 Å². The van der Waals surface area contributed by atoms with Gasteiger partial charge in [-0.25, -0.2) is 0 Å². The zero-order valence-electron chi connectivity index (χ0n) is 13.3. The second-order valence-corrected chi connectivity index (χ2v) is 7.60. The first-order chi connectivity index (χ1) is 11.3. The number of Topliss-reactive ketones (excluding diaryl/α,β-unsaturated/α-hetero) is 1. The number of fused-ring (bicyclic) bond motifs is 2.